The van der Waals surface area contributed by atoms with Crippen LogP contribution in [0, 0.1) is 5.92 Å². The smallest absolute Gasteiger partial charge is 0.133 e. The minimum atomic E-state index is 0.437. The van der Waals surface area contributed by atoms with Crippen molar-refractivity contribution in [1.29, 1.82) is 0 Å². The molecule has 0 heterocycles. The summed E-state index contributed by atoms with van der Waals surface area (Å²) in [7, 11) is 0. The van der Waals surface area contributed by atoms with Crippen LogP contribution in [0.15, 0.2) is 0 Å². The van der Waals surface area contributed by atoms with Crippen molar-refractivity contribution in [2.24, 2.45) is 5.92 Å². The Balaban J connectivity index is 2.06. The minimum Gasteiger partial charge on any atom is -0.303 e. The van der Waals surface area contributed by atoms with Gasteiger partial charge in [0, 0.05) is 19.3 Å². The lowest BCUT2D eigenvalue weighted by molar-refractivity contribution is -0.121. The number of aldehydes is 1. The highest BCUT2D eigenvalue weighted by Crippen LogP contribution is 2.25. The van der Waals surface area contributed by atoms with Crippen LogP contribution < -0.4 is 0 Å². The highest BCUT2D eigenvalue weighted by Gasteiger charge is 2.18. The number of hydrogen-bond acceptors (Lipinski definition) is 2. The Bertz CT molecular complexity index is 175. The van der Waals surface area contributed by atoms with E-state index in [2.05, 4.69) is 0 Å². The van der Waals surface area contributed by atoms with Gasteiger partial charge in [0.1, 0.15) is 12.1 Å². The molecule has 1 unspecified atom stereocenters. The van der Waals surface area contributed by atoms with Crippen molar-refractivity contribution in [1.82, 2.24) is 0 Å². The average molecular weight is 182 g/mol. The molecule has 74 valence electrons. The Labute approximate surface area is 79.7 Å². The van der Waals surface area contributed by atoms with Crippen molar-refractivity contribution in [3.8, 4) is 0 Å². The lowest BCUT2D eigenvalue weighted by Gasteiger charge is -2.20. The molecule has 0 radical (unpaired) electrons. The molecule has 1 fully saturated rings. The number of hydrogen-bond donors (Lipinski definition) is 0. The van der Waals surface area contributed by atoms with Gasteiger partial charge in [0.25, 0.3) is 0 Å². The number of rotatable bonds is 5. The van der Waals surface area contributed by atoms with E-state index in [1.807, 2.05) is 0 Å². The van der Waals surface area contributed by atoms with Gasteiger partial charge in [0.2, 0.25) is 0 Å². The summed E-state index contributed by atoms with van der Waals surface area (Å²) < 4.78 is 0. The molecule has 0 N–H and O–H groups in total. The van der Waals surface area contributed by atoms with Gasteiger partial charge in [-0.3, -0.25) is 4.79 Å². The molecule has 1 rings (SSSR count). The van der Waals surface area contributed by atoms with Gasteiger partial charge in [0.05, 0.1) is 0 Å². The summed E-state index contributed by atoms with van der Waals surface area (Å²) in [5.74, 6) is 1.06. The van der Waals surface area contributed by atoms with E-state index in [9.17, 15) is 9.59 Å². The molecule has 0 aromatic carbocycles. The second-order valence-electron chi connectivity index (χ2n) is 3.95. The SMILES string of the molecule is O=CCCCCC1CCCC(=O)C1. The molecule has 1 aliphatic carbocycles. The van der Waals surface area contributed by atoms with Crippen LogP contribution in [0.25, 0.3) is 0 Å². The van der Waals surface area contributed by atoms with E-state index in [-0.39, 0.29) is 0 Å². The molecular formula is C11H18O2. The maximum absolute atomic E-state index is 11.1. The van der Waals surface area contributed by atoms with Crippen LogP contribution in [0.3, 0.4) is 0 Å². The van der Waals surface area contributed by atoms with E-state index >= 15 is 0 Å². The third kappa shape index (κ3) is 4.20. The van der Waals surface area contributed by atoms with Crippen molar-refractivity contribution in [3.63, 3.8) is 0 Å². The first-order valence-electron chi connectivity index (χ1n) is 5.28. The van der Waals surface area contributed by atoms with Crippen LogP contribution in [0.2, 0.25) is 0 Å². The fourth-order valence-electron chi connectivity index (χ4n) is 2.02. The minimum absolute atomic E-state index is 0.437. The largest absolute Gasteiger partial charge is 0.303 e. The van der Waals surface area contributed by atoms with E-state index in [0.29, 0.717) is 18.1 Å². The summed E-state index contributed by atoms with van der Waals surface area (Å²) in [6.07, 6.45) is 8.78. The number of carbonyl (C=O) groups is 2. The fourth-order valence-corrected chi connectivity index (χ4v) is 2.02. The molecule has 1 atom stereocenters. The zero-order chi connectivity index (χ0) is 9.52. The first kappa shape index (κ1) is 10.4. The Kier molecular flexibility index (Phi) is 4.73. The quantitative estimate of drug-likeness (QED) is 0.483. The van der Waals surface area contributed by atoms with Gasteiger partial charge in [-0.05, 0) is 25.2 Å². The molecular weight excluding hydrogens is 164 g/mol. The van der Waals surface area contributed by atoms with Crippen LogP contribution >= 0.6 is 0 Å². The summed E-state index contributed by atoms with van der Waals surface area (Å²) in [6, 6.07) is 0. The van der Waals surface area contributed by atoms with Crippen molar-refractivity contribution in [2.75, 3.05) is 0 Å². The lowest BCUT2D eigenvalue weighted by atomic mass is 9.85. The number of unbranched alkanes of at least 4 members (excludes halogenated alkanes) is 2. The molecule has 2 nitrogen and oxygen atoms in total. The highest BCUT2D eigenvalue weighted by atomic mass is 16.1. The first-order chi connectivity index (χ1) is 6.33. The lowest BCUT2D eigenvalue weighted by Crippen LogP contribution is -2.14. The van der Waals surface area contributed by atoms with Gasteiger partial charge in [-0.25, -0.2) is 0 Å². The van der Waals surface area contributed by atoms with Crippen molar-refractivity contribution >= 4 is 12.1 Å². The van der Waals surface area contributed by atoms with E-state index in [4.69, 9.17) is 0 Å². The zero-order valence-electron chi connectivity index (χ0n) is 8.13. The third-order valence-corrected chi connectivity index (χ3v) is 2.77. The summed E-state index contributed by atoms with van der Waals surface area (Å²) in [4.78, 5) is 21.2. The first-order valence-corrected chi connectivity index (χ1v) is 5.28. The number of carbonyl (C=O) groups excluding carboxylic acids is 2. The predicted molar refractivity (Wildman–Crippen MR) is 51.5 cm³/mol. The van der Waals surface area contributed by atoms with Crippen LogP contribution in [0.5, 0.6) is 0 Å². The molecule has 0 spiro atoms. The molecule has 1 saturated carbocycles. The van der Waals surface area contributed by atoms with Gasteiger partial charge < -0.3 is 4.79 Å². The molecule has 0 aromatic rings. The van der Waals surface area contributed by atoms with Gasteiger partial charge in [-0.1, -0.05) is 12.8 Å². The summed E-state index contributed by atoms with van der Waals surface area (Å²) in [5.41, 5.74) is 0. The topological polar surface area (TPSA) is 34.1 Å². The monoisotopic (exact) mass is 182 g/mol. The van der Waals surface area contributed by atoms with E-state index in [1.165, 1.54) is 6.42 Å². The molecule has 2 heteroatoms. The zero-order valence-corrected chi connectivity index (χ0v) is 8.13. The van der Waals surface area contributed by atoms with Crippen molar-refractivity contribution < 1.29 is 9.59 Å². The normalized spacial score (nSPS) is 23.1. The summed E-state index contributed by atoms with van der Waals surface area (Å²) in [5, 5.41) is 0. The van der Waals surface area contributed by atoms with Crippen LogP contribution in [-0.4, -0.2) is 12.1 Å². The second-order valence-corrected chi connectivity index (χ2v) is 3.95. The maximum Gasteiger partial charge on any atom is 0.133 e. The Morgan fingerprint density at radius 1 is 1.38 bits per heavy atom. The average Bonchev–Trinajstić information content (AvgIpc) is 2.13. The third-order valence-electron chi connectivity index (χ3n) is 2.77. The molecule has 0 aromatic heterocycles. The summed E-state index contributed by atoms with van der Waals surface area (Å²) >= 11 is 0. The van der Waals surface area contributed by atoms with Crippen molar-refractivity contribution in [2.45, 2.75) is 51.4 Å². The Morgan fingerprint density at radius 3 is 2.92 bits per heavy atom. The van der Waals surface area contributed by atoms with Crippen LogP contribution in [0.4, 0.5) is 0 Å². The van der Waals surface area contributed by atoms with Crippen molar-refractivity contribution in [3.05, 3.63) is 0 Å². The predicted octanol–water partition coefficient (Wildman–Crippen LogP) is 2.51. The summed E-state index contributed by atoms with van der Waals surface area (Å²) in [6.45, 7) is 0. The standard InChI is InChI=1S/C11H18O2/c12-8-3-1-2-5-10-6-4-7-11(13)9-10/h8,10H,1-7,9H2. The van der Waals surface area contributed by atoms with E-state index in [1.54, 1.807) is 0 Å². The highest BCUT2D eigenvalue weighted by molar-refractivity contribution is 5.79. The van der Waals surface area contributed by atoms with E-state index in [0.717, 1.165) is 44.8 Å². The van der Waals surface area contributed by atoms with Gasteiger partial charge in [-0.2, -0.15) is 0 Å². The Hall–Kier alpha value is -0.660. The molecule has 1 aliphatic rings. The second kappa shape index (κ2) is 5.90. The van der Waals surface area contributed by atoms with Gasteiger partial charge in [-0.15, -0.1) is 0 Å². The van der Waals surface area contributed by atoms with Gasteiger partial charge in [0.15, 0.2) is 0 Å². The molecule has 0 aliphatic heterocycles. The maximum atomic E-state index is 11.1. The fraction of sp³-hybridized carbons (Fsp3) is 0.818. The molecule has 0 saturated heterocycles. The van der Waals surface area contributed by atoms with Gasteiger partial charge >= 0.3 is 0 Å². The molecule has 13 heavy (non-hydrogen) atoms. The van der Waals surface area contributed by atoms with Crippen LogP contribution in [0.1, 0.15) is 51.4 Å². The number of Topliss-reactive ketones (excluding diaryl/α,β-unsaturated/α-hetero) is 1. The Morgan fingerprint density at radius 2 is 2.23 bits per heavy atom. The molecule has 0 amide bonds. The van der Waals surface area contributed by atoms with Crippen LogP contribution in [-0.2, 0) is 9.59 Å². The number of ketones is 1. The molecule has 0 bridgehead atoms. The van der Waals surface area contributed by atoms with E-state index < -0.39 is 0 Å².